The van der Waals surface area contributed by atoms with Crippen molar-refractivity contribution in [1.29, 1.82) is 0 Å². The summed E-state index contributed by atoms with van der Waals surface area (Å²) in [5, 5.41) is 8.26. The molecule has 0 aliphatic carbocycles. The van der Waals surface area contributed by atoms with Crippen molar-refractivity contribution in [3.05, 3.63) is 28.5 Å². The molecule has 0 atom stereocenters. The zero-order valence-electron chi connectivity index (χ0n) is 11.0. The van der Waals surface area contributed by atoms with E-state index in [1.165, 1.54) is 17.7 Å². The van der Waals surface area contributed by atoms with E-state index in [-0.39, 0.29) is 6.54 Å². The third-order valence-corrected chi connectivity index (χ3v) is 5.05. The molecule has 0 fully saturated rings. The molecule has 110 valence electrons. The van der Waals surface area contributed by atoms with E-state index in [0.717, 1.165) is 11.4 Å². The van der Waals surface area contributed by atoms with Gasteiger partial charge in [0.1, 0.15) is 0 Å². The monoisotopic (exact) mass is 316 g/mol. The second kappa shape index (κ2) is 6.93. The van der Waals surface area contributed by atoms with Crippen LogP contribution in [0, 0.1) is 0 Å². The Labute approximate surface area is 121 Å². The molecule has 0 amide bonds. The van der Waals surface area contributed by atoms with Gasteiger partial charge in [-0.15, -0.1) is 11.3 Å². The smallest absolute Gasteiger partial charge is 0.241 e. The Morgan fingerprint density at radius 2 is 2.30 bits per heavy atom. The molecule has 0 aromatic carbocycles. The van der Waals surface area contributed by atoms with Crippen molar-refractivity contribution in [3.63, 3.8) is 0 Å². The molecule has 0 unspecified atom stereocenters. The third-order valence-electron chi connectivity index (χ3n) is 2.53. The Hall–Kier alpha value is -1.29. The summed E-state index contributed by atoms with van der Waals surface area (Å²) in [5.41, 5.74) is 0. The van der Waals surface area contributed by atoms with Gasteiger partial charge in [0.15, 0.2) is 6.33 Å². The molecule has 2 N–H and O–H groups in total. The highest BCUT2D eigenvalue weighted by molar-refractivity contribution is 7.89. The first-order chi connectivity index (χ1) is 9.62. The predicted octanol–water partition coefficient (Wildman–Crippen LogP) is 0.762. The zero-order chi connectivity index (χ0) is 14.4. The maximum Gasteiger partial charge on any atom is 0.241 e. The zero-order valence-corrected chi connectivity index (χ0v) is 12.6. The van der Waals surface area contributed by atoms with E-state index in [1.54, 1.807) is 11.4 Å². The van der Waals surface area contributed by atoms with E-state index in [1.807, 2.05) is 6.92 Å². The van der Waals surface area contributed by atoms with Gasteiger partial charge in [0, 0.05) is 29.8 Å². The Morgan fingerprint density at radius 3 is 3.00 bits per heavy atom. The van der Waals surface area contributed by atoms with Gasteiger partial charge in [-0.1, -0.05) is 12.1 Å². The number of thiophene rings is 1. The molecule has 0 saturated heterocycles. The second-order valence-corrected chi connectivity index (χ2v) is 6.77. The number of hydrogen-bond donors (Lipinski definition) is 2. The largest absolute Gasteiger partial charge is 0.340 e. The lowest BCUT2D eigenvalue weighted by molar-refractivity contribution is 0.377. The van der Waals surface area contributed by atoms with Crippen molar-refractivity contribution in [3.8, 4) is 0 Å². The summed E-state index contributed by atoms with van der Waals surface area (Å²) in [6, 6.07) is 1.68. The van der Waals surface area contributed by atoms with Gasteiger partial charge in [0.25, 0.3) is 0 Å². The average Bonchev–Trinajstić information content (AvgIpc) is 3.07. The van der Waals surface area contributed by atoms with Crippen molar-refractivity contribution in [2.75, 3.05) is 13.1 Å². The number of nitrogens with one attached hydrogen (secondary N) is 2. The van der Waals surface area contributed by atoms with Crippen LogP contribution in [0.15, 0.2) is 27.2 Å². The number of sulfonamides is 1. The fourth-order valence-corrected chi connectivity index (χ4v) is 3.80. The summed E-state index contributed by atoms with van der Waals surface area (Å²) in [7, 11) is -3.47. The Balaban J connectivity index is 1.90. The van der Waals surface area contributed by atoms with Gasteiger partial charge in [0.05, 0.1) is 4.90 Å². The number of hydrogen-bond acceptors (Lipinski definition) is 7. The van der Waals surface area contributed by atoms with Gasteiger partial charge in [0.2, 0.25) is 15.9 Å². The first-order valence-corrected chi connectivity index (χ1v) is 8.51. The Kier molecular flexibility index (Phi) is 5.24. The minimum atomic E-state index is -3.47. The van der Waals surface area contributed by atoms with Gasteiger partial charge in [-0.2, -0.15) is 4.98 Å². The summed E-state index contributed by atoms with van der Waals surface area (Å²) in [6.07, 6.45) is 1.66. The Morgan fingerprint density at radius 1 is 1.45 bits per heavy atom. The molecule has 7 nitrogen and oxygen atoms in total. The average molecular weight is 316 g/mol. The van der Waals surface area contributed by atoms with Crippen LogP contribution in [0.3, 0.4) is 0 Å². The van der Waals surface area contributed by atoms with E-state index >= 15 is 0 Å². The van der Waals surface area contributed by atoms with E-state index in [0.29, 0.717) is 23.8 Å². The fourth-order valence-electron chi connectivity index (χ4n) is 1.52. The van der Waals surface area contributed by atoms with Gasteiger partial charge < -0.3 is 9.84 Å². The van der Waals surface area contributed by atoms with Crippen LogP contribution in [0.4, 0.5) is 0 Å². The molecule has 9 heteroatoms. The minimum absolute atomic E-state index is 0.225. The maximum atomic E-state index is 12.1. The third kappa shape index (κ3) is 4.10. The number of rotatable bonds is 8. The highest BCUT2D eigenvalue weighted by atomic mass is 32.2. The Bertz CT molecular complexity index is 622. The molecule has 0 saturated carbocycles. The molecule has 0 radical (unpaired) electrons. The van der Waals surface area contributed by atoms with Gasteiger partial charge >= 0.3 is 0 Å². The van der Waals surface area contributed by atoms with Crippen LogP contribution in [-0.2, 0) is 23.0 Å². The van der Waals surface area contributed by atoms with Gasteiger partial charge in [-0.25, -0.2) is 13.1 Å². The molecular weight excluding hydrogens is 300 g/mol. The lowest BCUT2D eigenvalue weighted by Crippen LogP contribution is -2.25. The number of aromatic nitrogens is 2. The summed E-state index contributed by atoms with van der Waals surface area (Å²) in [4.78, 5) is 5.11. The van der Waals surface area contributed by atoms with E-state index in [2.05, 4.69) is 20.2 Å². The lowest BCUT2D eigenvalue weighted by Gasteiger charge is -2.02. The van der Waals surface area contributed by atoms with Crippen LogP contribution in [0.25, 0.3) is 0 Å². The predicted molar refractivity (Wildman–Crippen MR) is 74.9 cm³/mol. The normalized spacial score (nSPS) is 11.8. The van der Waals surface area contributed by atoms with Crippen molar-refractivity contribution in [2.24, 2.45) is 0 Å². The maximum absolute atomic E-state index is 12.1. The van der Waals surface area contributed by atoms with Crippen LogP contribution in [0.2, 0.25) is 0 Å². The highest BCUT2D eigenvalue weighted by Crippen LogP contribution is 2.18. The number of nitrogens with zero attached hydrogens (tertiary/aromatic N) is 2. The van der Waals surface area contributed by atoms with Crippen LogP contribution in [0.5, 0.6) is 0 Å². The molecule has 2 aromatic rings. The summed E-state index contributed by atoms with van der Waals surface area (Å²) in [6.45, 7) is 3.76. The summed E-state index contributed by atoms with van der Waals surface area (Å²) < 4.78 is 31.4. The molecule has 0 aliphatic rings. The molecule has 2 heterocycles. The van der Waals surface area contributed by atoms with Crippen molar-refractivity contribution >= 4 is 21.4 Å². The van der Waals surface area contributed by atoms with Crippen molar-refractivity contribution < 1.29 is 12.9 Å². The highest BCUT2D eigenvalue weighted by Gasteiger charge is 2.16. The summed E-state index contributed by atoms with van der Waals surface area (Å²) in [5.74, 6) is 0.408. The topological polar surface area (TPSA) is 97.1 Å². The molecule has 0 aliphatic heterocycles. The lowest BCUT2D eigenvalue weighted by atomic mass is 10.4. The van der Waals surface area contributed by atoms with Crippen LogP contribution in [-0.4, -0.2) is 31.6 Å². The van der Waals surface area contributed by atoms with Crippen LogP contribution >= 0.6 is 11.3 Å². The SMILES string of the molecule is CCNCc1cc(S(=O)(=O)NCCc2ncno2)cs1. The van der Waals surface area contributed by atoms with E-state index in [4.69, 9.17) is 4.52 Å². The minimum Gasteiger partial charge on any atom is -0.340 e. The quantitative estimate of drug-likeness (QED) is 0.746. The molecular formula is C11H16N4O3S2. The van der Waals surface area contributed by atoms with Gasteiger partial charge in [-0.3, -0.25) is 0 Å². The first kappa shape index (κ1) is 15.1. The van der Waals surface area contributed by atoms with Crippen LogP contribution < -0.4 is 10.0 Å². The summed E-state index contributed by atoms with van der Waals surface area (Å²) >= 11 is 1.43. The van der Waals surface area contributed by atoms with Crippen LogP contribution in [0.1, 0.15) is 17.7 Å². The van der Waals surface area contributed by atoms with Gasteiger partial charge in [-0.05, 0) is 12.6 Å². The van der Waals surface area contributed by atoms with E-state index in [9.17, 15) is 8.42 Å². The molecule has 20 heavy (non-hydrogen) atoms. The van der Waals surface area contributed by atoms with Crippen molar-refractivity contribution in [1.82, 2.24) is 20.2 Å². The molecule has 2 rings (SSSR count). The standard InChI is InChI=1S/C11H16N4O3S2/c1-2-12-6-9-5-10(7-19-9)20(16,17)15-4-3-11-13-8-14-18-11/h5,7-8,12,15H,2-4,6H2,1H3. The molecule has 2 aromatic heterocycles. The molecule has 0 spiro atoms. The molecule has 0 bridgehead atoms. The van der Waals surface area contributed by atoms with E-state index < -0.39 is 10.0 Å². The first-order valence-electron chi connectivity index (χ1n) is 6.15. The second-order valence-electron chi connectivity index (χ2n) is 4.01. The van der Waals surface area contributed by atoms with Crippen molar-refractivity contribution in [2.45, 2.75) is 24.8 Å². The fraction of sp³-hybridized carbons (Fsp3) is 0.455.